The Hall–Kier alpha value is -1.49. The summed E-state index contributed by atoms with van der Waals surface area (Å²) >= 11 is 0. The van der Waals surface area contributed by atoms with Gasteiger partial charge >= 0.3 is 0 Å². The first-order valence-electron chi connectivity index (χ1n) is 8.05. The number of nitrogens with zero attached hydrogens (tertiary/aromatic N) is 3. The van der Waals surface area contributed by atoms with Crippen molar-refractivity contribution in [2.45, 2.75) is 45.3 Å². The zero-order chi connectivity index (χ0) is 14.8. The molecule has 1 aromatic rings. The molecule has 0 aromatic carbocycles. The minimum Gasteiger partial charge on any atom is -0.473 e. The summed E-state index contributed by atoms with van der Waals surface area (Å²) in [6.45, 7) is 8.49. The average molecular weight is 290 g/mol. The number of fused-ring (bicyclic) bond motifs is 1. The van der Waals surface area contributed by atoms with E-state index in [0.29, 0.717) is 17.6 Å². The second kappa shape index (κ2) is 6.10. The van der Waals surface area contributed by atoms with Crippen molar-refractivity contribution in [1.29, 1.82) is 0 Å². The standard InChI is InChI=1S/C16H26N4O/c1-12(2)21-16-14(17)6-7-15(18-16)20-10-9-19-8-4-3-5-13(19)11-20/h6-7,12-13H,3-5,8-11,17H2,1-2H3. The van der Waals surface area contributed by atoms with Crippen LogP contribution in [0.3, 0.4) is 0 Å². The molecule has 116 valence electrons. The SMILES string of the molecule is CC(C)Oc1nc(N2CCN3CCCCC3C2)ccc1N. The number of rotatable bonds is 3. The van der Waals surface area contributed by atoms with Gasteiger partial charge < -0.3 is 15.4 Å². The molecule has 0 amide bonds. The van der Waals surface area contributed by atoms with Gasteiger partial charge in [0.15, 0.2) is 0 Å². The molecule has 1 unspecified atom stereocenters. The van der Waals surface area contributed by atoms with Gasteiger partial charge in [-0.3, -0.25) is 4.90 Å². The Morgan fingerprint density at radius 1 is 1.24 bits per heavy atom. The van der Waals surface area contributed by atoms with Gasteiger partial charge in [-0.25, -0.2) is 0 Å². The fraction of sp³-hybridized carbons (Fsp3) is 0.688. The van der Waals surface area contributed by atoms with Crippen LogP contribution in [0.5, 0.6) is 5.88 Å². The topological polar surface area (TPSA) is 54.6 Å². The number of ether oxygens (including phenoxy) is 1. The van der Waals surface area contributed by atoms with Crippen LogP contribution in [-0.4, -0.2) is 48.2 Å². The third-order valence-corrected chi connectivity index (χ3v) is 4.38. The van der Waals surface area contributed by atoms with Crippen molar-refractivity contribution in [1.82, 2.24) is 9.88 Å². The molecule has 1 aromatic heterocycles. The first-order chi connectivity index (χ1) is 10.1. The maximum absolute atomic E-state index is 5.96. The second-order valence-corrected chi connectivity index (χ2v) is 6.36. The van der Waals surface area contributed by atoms with E-state index >= 15 is 0 Å². The van der Waals surface area contributed by atoms with E-state index in [1.807, 2.05) is 26.0 Å². The molecule has 0 radical (unpaired) electrons. The maximum atomic E-state index is 5.96. The zero-order valence-corrected chi connectivity index (χ0v) is 13.1. The summed E-state index contributed by atoms with van der Waals surface area (Å²) in [5.74, 6) is 1.55. The monoisotopic (exact) mass is 290 g/mol. The zero-order valence-electron chi connectivity index (χ0n) is 13.1. The Labute approximate surface area is 127 Å². The lowest BCUT2D eigenvalue weighted by molar-refractivity contribution is 0.133. The van der Waals surface area contributed by atoms with Crippen molar-refractivity contribution >= 4 is 11.5 Å². The third kappa shape index (κ3) is 3.23. The predicted octanol–water partition coefficient (Wildman–Crippen LogP) is 2.13. The van der Waals surface area contributed by atoms with Crippen LogP contribution >= 0.6 is 0 Å². The van der Waals surface area contributed by atoms with E-state index in [4.69, 9.17) is 10.5 Å². The van der Waals surface area contributed by atoms with Crippen LogP contribution < -0.4 is 15.4 Å². The summed E-state index contributed by atoms with van der Waals surface area (Å²) in [6.07, 6.45) is 4.10. The molecular weight excluding hydrogens is 264 g/mol. The van der Waals surface area contributed by atoms with Crippen LogP contribution in [0.25, 0.3) is 0 Å². The maximum Gasteiger partial charge on any atom is 0.239 e. The molecule has 2 aliphatic heterocycles. The molecule has 0 saturated carbocycles. The molecule has 1 atom stereocenters. The Bertz CT molecular complexity index is 491. The fourth-order valence-corrected chi connectivity index (χ4v) is 3.30. The van der Waals surface area contributed by atoms with E-state index in [1.54, 1.807) is 0 Å². The number of pyridine rings is 1. The van der Waals surface area contributed by atoms with Crippen LogP contribution in [0.2, 0.25) is 0 Å². The minimum absolute atomic E-state index is 0.0882. The number of piperazine rings is 1. The molecule has 21 heavy (non-hydrogen) atoms. The van der Waals surface area contributed by atoms with Gasteiger partial charge in [-0.1, -0.05) is 6.42 Å². The van der Waals surface area contributed by atoms with Gasteiger partial charge in [0, 0.05) is 25.7 Å². The molecule has 2 aliphatic rings. The van der Waals surface area contributed by atoms with Crippen molar-refractivity contribution < 1.29 is 4.74 Å². The third-order valence-electron chi connectivity index (χ3n) is 4.38. The van der Waals surface area contributed by atoms with Gasteiger partial charge in [-0.2, -0.15) is 4.98 Å². The smallest absolute Gasteiger partial charge is 0.239 e. The highest BCUT2D eigenvalue weighted by Crippen LogP contribution is 2.27. The number of hydrogen-bond acceptors (Lipinski definition) is 5. The predicted molar refractivity (Wildman–Crippen MR) is 85.8 cm³/mol. The highest BCUT2D eigenvalue weighted by molar-refractivity contribution is 5.55. The lowest BCUT2D eigenvalue weighted by Crippen LogP contribution is -2.55. The summed E-state index contributed by atoms with van der Waals surface area (Å²) in [5, 5.41) is 0. The number of nitrogen functional groups attached to an aromatic ring is 1. The van der Waals surface area contributed by atoms with E-state index in [-0.39, 0.29) is 6.10 Å². The van der Waals surface area contributed by atoms with Crippen LogP contribution in [0, 0.1) is 0 Å². The molecule has 2 saturated heterocycles. The number of nitrogens with two attached hydrogens (primary N) is 1. The summed E-state index contributed by atoms with van der Waals surface area (Å²) < 4.78 is 5.71. The molecule has 2 fully saturated rings. The minimum atomic E-state index is 0.0882. The molecule has 2 N–H and O–H groups in total. The number of piperidine rings is 1. The number of aromatic nitrogens is 1. The number of hydrogen-bond donors (Lipinski definition) is 1. The first kappa shape index (κ1) is 14.4. The van der Waals surface area contributed by atoms with Crippen molar-refractivity contribution in [2.75, 3.05) is 36.8 Å². The van der Waals surface area contributed by atoms with Crippen LogP contribution in [0.1, 0.15) is 33.1 Å². The van der Waals surface area contributed by atoms with E-state index in [1.165, 1.54) is 25.8 Å². The molecule has 5 nitrogen and oxygen atoms in total. The van der Waals surface area contributed by atoms with Crippen LogP contribution in [0.4, 0.5) is 11.5 Å². The highest BCUT2D eigenvalue weighted by Gasteiger charge is 2.29. The number of anilines is 2. The Morgan fingerprint density at radius 3 is 2.90 bits per heavy atom. The molecule has 0 spiro atoms. The fourth-order valence-electron chi connectivity index (χ4n) is 3.30. The van der Waals surface area contributed by atoms with Gasteiger partial charge in [-0.05, 0) is 45.4 Å². The molecule has 3 heterocycles. The Balaban J connectivity index is 1.74. The summed E-state index contributed by atoms with van der Waals surface area (Å²) in [4.78, 5) is 9.64. The summed E-state index contributed by atoms with van der Waals surface area (Å²) in [6, 6.07) is 4.61. The van der Waals surface area contributed by atoms with E-state index < -0.39 is 0 Å². The van der Waals surface area contributed by atoms with Crippen molar-refractivity contribution in [2.24, 2.45) is 0 Å². The lowest BCUT2D eigenvalue weighted by atomic mass is 9.99. The lowest BCUT2D eigenvalue weighted by Gasteiger charge is -2.44. The highest BCUT2D eigenvalue weighted by atomic mass is 16.5. The van der Waals surface area contributed by atoms with Crippen LogP contribution in [0.15, 0.2) is 12.1 Å². The van der Waals surface area contributed by atoms with Gasteiger partial charge in [-0.15, -0.1) is 0 Å². The largest absolute Gasteiger partial charge is 0.473 e. The van der Waals surface area contributed by atoms with Gasteiger partial charge in [0.1, 0.15) is 5.82 Å². The van der Waals surface area contributed by atoms with Crippen molar-refractivity contribution in [3.63, 3.8) is 0 Å². The molecule has 3 rings (SSSR count). The summed E-state index contributed by atoms with van der Waals surface area (Å²) in [5.41, 5.74) is 6.57. The summed E-state index contributed by atoms with van der Waals surface area (Å²) in [7, 11) is 0. The average Bonchev–Trinajstić information content (AvgIpc) is 2.48. The van der Waals surface area contributed by atoms with Gasteiger partial charge in [0.05, 0.1) is 11.8 Å². The second-order valence-electron chi connectivity index (χ2n) is 6.36. The Kier molecular flexibility index (Phi) is 4.19. The van der Waals surface area contributed by atoms with Crippen molar-refractivity contribution in [3.8, 4) is 5.88 Å². The normalized spacial score (nSPS) is 23.2. The molecular formula is C16H26N4O. The van der Waals surface area contributed by atoms with E-state index in [2.05, 4.69) is 14.8 Å². The molecule has 5 heteroatoms. The quantitative estimate of drug-likeness (QED) is 0.924. The van der Waals surface area contributed by atoms with Gasteiger partial charge in [0.2, 0.25) is 5.88 Å². The van der Waals surface area contributed by atoms with E-state index in [9.17, 15) is 0 Å². The van der Waals surface area contributed by atoms with E-state index in [0.717, 1.165) is 25.5 Å². The Morgan fingerprint density at radius 2 is 2.10 bits per heavy atom. The van der Waals surface area contributed by atoms with Gasteiger partial charge in [0.25, 0.3) is 0 Å². The van der Waals surface area contributed by atoms with Crippen LogP contribution in [-0.2, 0) is 0 Å². The molecule has 0 aliphatic carbocycles. The molecule has 0 bridgehead atoms. The van der Waals surface area contributed by atoms with Crippen molar-refractivity contribution in [3.05, 3.63) is 12.1 Å². The first-order valence-corrected chi connectivity index (χ1v) is 8.05.